The Morgan fingerprint density at radius 3 is 2.89 bits per heavy atom. The van der Waals surface area contributed by atoms with Crippen LogP contribution in [-0.4, -0.2) is 31.1 Å². The van der Waals surface area contributed by atoms with E-state index < -0.39 is 0 Å². The van der Waals surface area contributed by atoms with Crippen LogP contribution in [0.15, 0.2) is 29.3 Å². The summed E-state index contributed by atoms with van der Waals surface area (Å²) in [4.78, 5) is 4.55. The van der Waals surface area contributed by atoms with Crippen molar-refractivity contribution in [2.24, 2.45) is 4.99 Å². The van der Waals surface area contributed by atoms with Gasteiger partial charge in [-0.15, -0.1) is 0 Å². The topological polar surface area (TPSA) is 36.4 Å². The van der Waals surface area contributed by atoms with E-state index in [1.807, 2.05) is 36.0 Å². The Balaban J connectivity index is 2.47. The molecule has 0 aromatic heterocycles. The molecule has 0 aliphatic rings. The number of halogens is 1. The summed E-state index contributed by atoms with van der Waals surface area (Å²) in [6.45, 7) is 4.52. The van der Waals surface area contributed by atoms with Crippen molar-refractivity contribution in [3.8, 4) is 0 Å². The zero-order chi connectivity index (χ0) is 13.9. The fourth-order valence-corrected chi connectivity index (χ4v) is 2.22. The maximum absolute atomic E-state index is 5.96. The Labute approximate surface area is 125 Å². The average molecular weight is 300 g/mol. The van der Waals surface area contributed by atoms with E-state index >= 15 is 0 Å². The lowest BCUT2D eigenvalue weighted by molar-refractivity contribution is 0.790. The Morgan fingerprint density at radius 1 is 1.37 bits per heavy atom. The van der Waals surface area contributed by atoms with Gasteiger partial charge in [-0.1, -0.05) is 23.7 Å². The Bertz CT molecular complexity index is 396. The number of benzene rings is 1. The van der Waals surface area contributed by atoms with Gasteiger partial charge in [-0.05, 0) is 43.0 Å². The molecule has 2 N–H and O–H groups in total. The molecule has 0 saturated carbocycles. The molecular weight excluding hydrogens is 278 g/mol. The van der Waals surface area contributed by atoms with Gasteiger partial charge >= 0.3 is 0 Å². The van der Waals surface area contributed by atoms with E-state index in [-0.39, 0.29) is 0 Å². The molecule has 1 aromatic rings. The van der Waals surface area contributed by atoms with Crippen LogP contribution in [-0.2, 0) is 6.54 Å². The van der Waals surface area contributed by atoms with E-state index in [0.29, 0.717) is 6.54 Å². The zero-order valence-corrected chi connectivity index (χ0v) is 13.2. The molecular formula is C14H22ClN3S. The smallest absolute Gasteiger partial charge is 0.191 e. The molecule has 0 aliphatic carbocycles. The van der Waals surface area contributed by atoms with Gasteiger partial charge in [0.2, 0.25) is 0 Å². The van der Waals surface area contributed by atoms with Crippen LogP contribution in [0, 0.1) is 0 Å². The maximum Gasteiger partial charge on any atom is 0.191 e. The number of aliphatic imine (C=N–C) groups is 1. The second-order valence-corrected chi connectivity index (χ2v) is 5.52. The lowest BCUT2D eigenvalue weighted by atomic mass is 10.2. The third kappa shape index (κ3) is 7.33. The van der Waals surface area contributed by atoms with Crippen LogP contribution in [0.3, 0.4) is 0 Å². The van der Waals surface area contributed by atoms with Crippen molar-refractivity contribution in [1.29, 1.82) is 0 Å². The minimum absolute atomic E-state index is 0.637. The molecule has 0 amide bonds. The minimum Gasteiger partial charge on any atom is -0.357 e. The van der Waals surface area contributed by atoms with Gasteiger partial charge < -0.3 is 10.6 Å². The van der Waals surface area contributed by atoms with Crippen LogP contribution in [0.1, 0.15) is 18.9 Å². The van der Waals surface area contributed by atoms with Crippen molar-refractivity contribution in [2.75, 3.05) is 25.1 Å². The second kappa shape index (κ2) is 9.98. The standard InChI is InChI=1S/C14H22ClN3S/c1-3-16-14(17-8-5-9-19-2)18-11-12-6-4-7-13(15)10-12/h4,6-7,10H,3,5,8-9,11H2,1-2H3,(H2,16,17,18). The molecule has 0 heterocycles. The molecule has 1 rings (SSSR count). The first kappa shape index (κ1) is 16.2. The van der Waals surface area contributed by atoms with Crippen molar-refractivity contribution in [3.63, 3.8) is 0 Å². The molecule has 0 spiro atoms. The van der Waals surface area contributed by atoms with Gasteiger partial charge in [0.1, 0.15) is 0 Å². The van der Waals surface area contributed by atoms with Crippen LogP contribution < -0.4 is 10.6 Å². The number of rotatable bonds is 7. The highest BCUT2D eigenvalue weighted by molar-refractivity contribution is 7.98. The van der Waals surface area contributed by atoms with Gasteiger partial charge in [-0.2, -0.15) is 11.8 Å². The van der Waals surface area contributed by atoms with Crippen LogP contribution >= 0.6 is 23.4 Å². The van der Waals surface area contributed by atoms with Crippen molar-refractivity contribution >= 4 is 29.3 Å². The quantitative estimate of drug-likeness (QED) is 0.461. The number of nitrogens with zero attached hydrogens (tertiary/aromatic N) is 1. The van der Waals surface area contributed by atoms with Crippen LogP contribution in [0.2, 0.25) is 5.02 Å². The average Bonchev–Trinajstić information content (AvgIpc) is 2.41. The fourth-order valence-electron chi connectivity index (χ4n) is 1.57. The molecule has 0 atom stereocenters. The predicted molar refractivity (Wildman–Crippen MR) is 87.3 cm³/mol. The van der Waals surface area contributed by atoms with E-state index in [9.17, 15) is 0 Å². The molecule has 0 radical (unpaired) electrons. The van der Waals surface area contributed by atoms with Gasteiger partial charge in [0, 0.05) is 18.1 Å². The van der Waals surface area contributed by atoms with E-state index in [1.165, 1.54) is 5.75 Å². The molecule has 0 saturated heterocycles. The SMILES string of the molecule is CCNC(=NCc1cccc(Cl)c1)NCCCSC. The summed E-state index contributed by atoms with van der Waals surface area (Å²) in [5, 5.41) is 7.33. The van der Waals surface area contributed by atoms with Crippen LogP contribution in [0.25, 0.3) is 0 Å². The maximum atomic E-state index is 5.96. The number of hydrogen-bond donors (Lipinski definition) is 2. The van der Waals surface area contributed by atoms with Crippen molar-refractivity contribution in [3.05, 3.63) is 34.9 Å². The summed E-state index contributed by atoms with van der Waals surface area (Å²) in [5.41, 5.74) is 1.12. The highest BCUT2D eigenvalue weighted by Gasteiger charge is 1.97. The number of thioether (sulfide) groups is 1. The summed E-state index contributed by atoms with van der Waals surface area (Å²) in [7, 11) is 0. The Kier molecular flexibility index (Phi) is 8.50. The van der Waals surface area contributed by atoms with Gasteiger partial charge in [0.05, 0.1) is 6.54 Å². The molecule has 0 bridgehead atoms. The first-order valence-electron chi connectivity index (χ1n) is 6.51. The summed E-state index contributed by atoms with van der Waals surface area (Å²) in [5.74, 6) is 2.03. The largest absolute Gasteiger partial charge is 0.357 e. The molecule has 5 heteroatoms. The first-order valence-corrected chi connectivity index (χ1v) is 8.29. The molecule has 106 valence electrons. The van der Waals surface area contributed by atoms with Crippen LogP contribution in [0.5, 0.6) is 0 Å². The number of hydrogen-bond acceptors (Lipinski definition) is 2. The molecule has 1 aromatic carbocycles. The summed E-state index contributed by atoms with van der Waals surface area (Å²) in [6, 6.07) is 7.81. The monoisotopic (exact) mass is 299 g/mol. The number of guanidine groups is 1. The minimum atomic E-state index is 0.637. The van der Waals surface area contributed by atoms with Crippen molar-refractivity contribution < 1.29 is 0 Å². The lowest BCUT2D eigenvalue weighted by Gasteiger charge is -2.11. The third-order valence-electron chi connectivity index (χ3n) is 2.47. The summed E-state index contributed by atoms with van der Waals surface area (Å²) >= 11 is 7.82. The summed E-state index contributed by atoms with van der Waals surface area (Å²) in [6.07, 6.45) is 3.27. The van der Waals surface area contributed by atoms with Gasteiger partial charge in [0.25, 0.3) is 0 Å². The fraction of sp³-hybridized carbons (Fsp3) is 0.500. The molecule has 19 heavy (non-hydrogen) atoms. The molecule has 0 aliphatic heterocycles. The van der Waals surface area contributed by atoms with Gasteiger partial charge in [0.15, 0.2) is 5.96 Å². The lowest BCUT2D eigenvalue weighted by Crippen LogP contribution is -2.37. The van der Waals surface area contributed by atoms with Gasteiger partial charge in [-0.25, -0.2) is 4.99 Å². The van der Waals surface area contributed by atoms with E-state index in [1.54, 1.807) is 0 Å². The van der Waals surface area contributed by atoms with E-state index in [2.05, 4.69) is 28.8 Å². The summed E-state index contributed by atoms with van der Waals surface area (Å²) < 4.78 is 0. The molecule has 0 unspecified atom stereocenters. The normalized spacial score (nSPS) is 11.4. The van der Waals surface area contributed by atoms with Crippen molar-refractivity contribution in [2.45, 2.75) is 19.9 Å². The first-order chi connectivity index (χ1) is 9.26. The molecule has 0 fully saturated rings. The Hall–Kier alpha value is -0.870. The van der Waals surface area contributed by atoms with E-state index in [4.69, 9.17) is 11.6 Å². The van der Waals surface area contributed by atoms with Crippen molar-refractivity contribution in [1.82, 2.24) is 10.6 Å². The molecule has 3 nitrogen and oxygen atoms in total. The van der Waals surface area contributed by atoms with Gasteiger partial charge in [-0.3, -0.25) is 0 Å². The highest BCUT2D eigenvalue weighted by atomic mass is 35.5. The predicted octanol–water partition coefficient (Wildman–Crippen LogP) is 3.15. The Morgan fingerprint density at radius 2 is 2.21 bits per heavy atom. The highest BCUT2D eigenvalue weighted by Crippen LogP contribution is 2.11. The number of nitrogens with one attached hydrogen (secondary N) is 2. The second-order valence-electron chi connectivity index (χ2n) is 4.10. The third-order valence-corrected chi connectivity index (χ3v) is 3.40. The zero-order valence-electron chi connectivity index (χ0n) is 11.6. The van der Waals surface area contributed by atoms with E-state index in [0.717, 1.165) is 36.1 Å². The van der Waals surface area contributed by atoms with Crippen LogP contribution in [0.4, 0.5) is 0 Å².